The average molecular weight is 263 g/mol. The van der Waals surface area contributed by atoms with E-state index in [4.69, 9.17) is 22.1 Å². The molecular formula is C14H15ClN2O. The number of nitrogens with zero attached hydrogens (tertiary/aromatic N) is 1. The highest BCUT2D eigenvalue weighted by Gasteiger charge is 2.08. The lowest BCUT2D eigenvalue weighted by atomic mass is 10.2. The molecule has 0 spiro atoms. The van der Waals surface area contributed by atoms with Crippen LogP contribution in [0.1, 0.15) is 18.3 Å². The van der Waals surface area contributed by atoms with Gasteiger partial charge in [-0.05, 0) is 43.7 Å². The average Bonchev–Trinajstić information content (AvgIpc) is 2.34. The van der Waals surface area contributed by atoms with Gasteiger partial charge in [0.1, 0.15) is 11.5 Å². The van der Waals surface area contributed by atoms with Gasteiger partial charge >= 0.3 is 0 Å². The van der Waals surface area contributed by atoms with Crippen molar-refractivity contribution < 1.29 is 4.74 Å². The van der Waals surface area contributed by atoms with Gasteiger partial charge in [-0.1, -0.05) is 18.5 Å². The van der Waals surface area contributed by atoms with Gasteiger partial charge in [0, 0.05) is 11.4 Å². The largest absolute Gasteiger partial charge is 0.454 e. The fourth-order valence-corrected chi connectivity index (χ4v) is 1.89. The number of aromatic nitrogens is 1. The first-order chi connectivity index (χ1) is 8.60. The third kappa shape index (κ3) is 2.74. The molecule has 0 bridgehead atoms. The fraction of sp³-hybridized carbons (Fsp3) is 0.214. The highest BCUT2D eigenvalue weighted by atomic mass is 35.5. The maximum atomic E-state index is 6.08. The maximum absolute atomic E-state index is 6.08. The number of halogens is 1. The lowest BCUT2D eigenvalue weighted by molar-refractivity contribution is 0.473. The van der Waals surface area contributed by atoms with Crippen molar-refractivity contribution in [1.82, 2.24) is 4.98 Å². The van der Waals surface area contributed by atoms with E-state index >= 15 is 0 Å². The Morgan fingerprint density at radius 2 is 1.94 bits per heavy atom. The molecule has 1 aromatic carbocycles. The fourth-order valence-electron chi connectivity index (χ4n) is 1.66. The van der Waals surface area contributed by atoms with Crippen LogP contribution in [0, 0.1) is 6.92 Å². The molecule has 0 unspecified atom stereocenters. The van der Waals surface area contributed by atoms with Crippen molar-refractivity contribution in [1.29, 1.82) is 0 Å². The normalized spacial score (nSPS) is 10.4. The van der Waals surface area contributed by atoms with E-state index in [-0.39, 0.29) is 0 Å². The van der Waals surface area contributed by atoms with Crippen molar-refractivity contribution >= 4 is 17.3 Å². The number of nitrogen functional groups attached to an aromatic ring is 1. The first-order valence-electron chi connectivity index (χ1n) is 5.79. The molecule has 0 aliphatic carbocycles. The highest BCUT2D eigenvalue weighted by molar-refractivity contribution is 6.32. The van der Waals surface area contributed by atoms with Crippen molar-refractivity contribution in [3.05, 3.63) is 46.7 Å². The number of hydrogen-bond donors (Lipinski definition) is 1. The molecule has 1 aromatic heterocycles. The van der Waals surface area contributed by atoms with Crippen LogP contribution < -0.4 is 10.5 Å². The zero-order chi connectivity index (χ0) is 13.1. The van der Waals surface area contributed by atoms with Crippen molar-refractivity contribution in [2.45, 2.75) is 20.3 Å². The van der Waals surface area contributed by atoms with E-state index in [2.05, 4.69) is 4.98 Å². The maximum Gasteiger partial charge on any atom is 0.148 e. The van der Waals surface area contributed by atoms with E-state index in [0.29, 0.717) is 16.5 Å². The van der Waals surface area contributed by atoms with Gasteiger partial charge in [0.15, 0.2) is 0 Å². The van der Waals surface area contributed by atoms with E-state index in [1.54, 1.807) is 18.2 Å². The molecule has 0 saturated heterocycles. The molecule has 0 aliphatic rings. The molecule has 1 heterocycles. The smallest absolute Gasteiger partial charge is 0.148 e. The summed E-state index contributed by atoms with van der Waals surface area (Å²) in [5.74, 6) is 1.32. The number of aryl methyl sites for hydroxylation is 2. The molecule has 2 N–H and O–H groups in total. The van der Waals surface area contributed by atoms with Crippen LogP contribution in [-0.4, -0.2) is 4.98 Å². The highest BCUT2D eigenvalue weighted by Crippen LogP contribution is 2.32. The summed E-state index contributed by atoms with van der Waals surface area (Å²) in [4.78, 5) is 4.44. The molecule has 0 aliphatic heterocycles. The number of hydrogen-bond acceptors (Lipinski definition) is 3. The molecule has 4 heteroatoms. The second-order valence-corrected chi connectivity index (χ2v) is 4.45. The Hall–Kier alpha value is -1.74. The molecule has 0 amide bonds. The van der Waals surface area contributed by atoms with Crippen LogP contribution in [0.5, 0.6) is 11.5 Å². The zero-order valence-electron chi connectivity index (χ0n) is 10.4. The van der Waals surface area contributed by atoms with Crippen LogP contribution >= 0.6 is 11.6 Å². The van der Waals surface area contributed by atoms with E-state index in [1.165, 1.54) is 0 Å². The van der Waals surface area contributed by atoms with Crippen molar-refractivity contribution in [2.24, 2.45) is 0 Å². The number of benzene rings is 1. The molecule has 0 atom stereocenters. The van der Waals surface area contributed by atoms with Gasteiger partial charge in [-0.2, -0.15) is 0 Å². The lowest BCUT2D eigenvalue weighted by Gasteiger charge is -2.11. The summed E-state index contributed by atoms with van der Waals surface area (Å²) >= 11 is 6.08. The third-order valence-electron chi connectivity index (χ3n) is 2.58. The lowest BCUT2D eigenvalue weighted by Crippen LogP contribution is -1.96. The standard InChI is InChI=1S/C14H15ClN2O/c1-3-12-14(6-4-9(2)17-12)18-13-7-5-10(16)8-11(13)15/h4-8H,3,16H2,1-2H3. The number of pyridine rings is 1. The van der Waals surface area contributed by atoms with Gasteiger partial charge in [0.05, 0.1) is 10.7 Å². The van der Waals surface area contributed by atoms with Crippen LogP contribution in [0.25, 0.3) is 0 Å². The number of nitrogens with two attached hydrogens (primary N) is 1. The molecule has 3 nitrogen and oxygen atoms in total. The summed E-state index contributed by atoms with van der Waals surface area (Å²) in [6, 6.07) is 9.02. The Bertz CT molecular complexity index is 570. The quantitative estimate of drug-likeness (QED) is 0.851. The summed E-state index contributed by atoms with van der Waals surface area (Å²) in [5.41, 5.74) is 8.15. The Morgan fingerprint density at radius 1 is 1.22 bits per heavy atom. The predicted molar refractivity (Wildman–Crippen MR) is 74.3 cm³/mol. The van der Waals surface area contributed by atoms with Crippen molar-refractivity contribution in [3.63, 3.8) is 0 Å². The molecule has 94 valence electrons. The summed E-state index contributed by atoms with van der Waals surface area (Å²) in [7, 11) is 0. The summed E-state index contributed by atoms with van der Waals surface area (Å²) in [6.45, 7) is 4.00. The molecule has 0 fully saturated rings. The van der Waals surface area contributed by atoms with Crippen molar-refractivity contribution in [2.75, 3.05) is 5.73 Å². The molecule has 2 rings (SSSR count). The topological polar surface area (TPSA) is 48.1 Å². The first-order valence-corrected chi connectivity index (χ1v) is 6.17. The Kier molecular flexibility index (Phi) is 3.72. The summed E-state index contributed by atoms with van der Waals surface area (Å²) in [5, 5.41) is 0.498. The second-order valence-electron chi connectivity index (χ2n) is 4.04. The van der Waals surface area contributed by atoms with Crippen LogP contribution in [-0.2, 0) is 6.42 Å². The molecule has 0 saturated carbocycles. The summed E-state index contributed by atoms with van der Waals surface area (Å²) < 4.78 is 5.79. The summed E-state index contributed by atoms with van der Waals surface area (Å²) in [6.07, 6.45) is 0.809. The van der Waals surface area contributed by atoms with Gasteiger partial charge in [-0.3, -0.25) is 4.98 Å². The van der Waals surface area contributed by atoms with E-state index in [9.17, 15) is 0 Å². The van der Waals surface area contributed by atoms with E-state index in [1.807, 2.05) is 26.0 Å². The number of rotatable bonds is 3. The van der Waals surface area contributed by atoms with Gasteiger partial charge in [0.25, 0.3) is 0 Å². The van der Waals surface area contributed by atoms with Crippen molar-refractivity contribution in [3.8, 4) is 11.5 Å². The van der Waals surface area contributed by atoms with Crippen LogP contribution in [0.4, 0.5) is 5.69 Å². The minimum atomic E-state index is 0.498. The van der Waals surface area contributed by atoms with Crippen LogP contribution in [0.15, 0.2) is 30.3 Å². The Morgan fingerprint density at radius 3 is 2.61 bits per heavy atom. The zero-order valence-corrected chi connectivity index (χ0v) is 11.2. The number of anilines is 1. The third-order valence-corrected chi connectivity index (χ3v) is 2.88. The van der Waals surface area contributed by atoms with E-state index in [0.717, 1.165) is 23.6 Å². The van der Waals surface area contributed by atoms with Gasteiger partial charge in [-0.25, -0.2) is 0 Å². The van der Waals surface area contributed by atoms with E-state index < -0.39 is 0 Å². The van der Waals surface area contributed by atoms with Gasteiger partial charge in [-0.15, -0.1) is 0 Å². The Labute approximate surface area is 112 Å². The molecule has 0 radical (unpaired) electrons. The van der Waals surface area contributed by atoms with Gasteiger partial charge < -0.3 is 10.5 Å². The second kappa shape index (κ2) is 5.27. The monoisotopic (exact) mass is 262 g/mol. The number of ether oxygens (including phenoxy) is 1. The molecule has 2 aromatic rings. The minimum absolute atomic E-state index is 0.498. The molecular weight excluding hydrogens is 248 g/mol. The van der Waals surface area contributed by atoms with Crippen LogP contribution in [0.2, 0.25) is 5.02 Å². The predicted octanol–water partition coefficient (Wildman–Crippen LogP) is 3.98. The molecule has 18 heavy (non-hydrogen) atoms. The van der Waals surface area contributed by atoms with Crippen LogP contribution in [0.3, 0.4) is 0 Å². The SMILES string of the molecule is CCc1nc(C)ccc1Oc1ccc(N)cc1Cl. The first kappa shape index (κ1) is 12.7. The van der Waals surface area contributed by atoms with Gasteiger partial charge in [0.2, 0.25) is 0 Å². The minimum Gasteiger partial charge on any atom is -0.454 e. The Balaban J connectivity index is 2.33.